The molecule has 1 N–H and O–H groups in total. The van der Waals surface area contributed by atoms with Gasteiger partial charge in [0.05, 0.1) is 22.7 Å². The number of nitrogens with one attached hydrogen (secondary N) is 1. The van der Waals surface area contributed by atoms with Crippen LogP contribution in [0.15, 0.2) is 35.5 Å². The molecule has 0 saturated carbocycles. The van der Waals surface area contributed by atoms with Crippen LogP contribution in [-0.4, -0.2) is 41.6 Å². The van der Waals surface area contributed by atoms with Crippen molar-refractivity contribution in [3.05, 3.63) is 41.6 Å². The molecule has 0 aliphatic carbocycles. The molecule has 2 heterocycles. The van der Waals surface area contributed by atoms with Gasteiger partial charge in [0.25, 0.3) is 0 Å². The highest BCUT2D eigenvalue weighted by Crippen LogP contribution is 2.22. The van der Waals surface area contributed by atoms with E-state index in [0.717, 1.165) is 11.4 Å². The number of amides is 1. The molecule has 1 amide bonds. The summed E-state index contributed by atoms with van der Waals surface area (Å²) in [6, 6.07) is 9.83. The fraction of sp³-hybridized carbons (Fsp3) is 0.389. The lowest BCUT2D eigenvalue weighted by atomic mass is 10.1. The number of carbonyl (C=O) groups excluding carboxylic acids is 1. The lowest BCUT2D eigenvalue weighted by Gasteiger charge is -2.19. The van der Waals surface area contributed by atoms with Gasteiger partial charge in [0.15, 0.2) is 0 Å². The van der Waals surface area contributed by atoms with Gasteiger partial charge in [0.1, 0.15) is 5.82 Å². The molecule has 27 heavy (non-hydrogen) atoms. The number of aryl methyl sites for hydroxylation is 2. The third-order valence-corrected chi connectivity index (χ3v) is 4.71. The second kappa shape index (κ2) is 7.51. The first-order valence-corrected chi connectivity index (χ1v) is 9.58. The number of anilines is 1. The molecule has 1 aromatic carbocycles. The Kier molecular flexibility index (Phi) is 5.31. The minimum Gasteiger partial charge on any atom is -0.310 e. The average Bonchev–Trinajstić information content (AvgIpc) is 3.20. The smallest absolute Gasteiger partial charge is 0.236 e. The topological polar surface area (TPSA) is 90.5 Å². The van der Waals surface area contributed by atoms with Crippen LogP contribution in [0, 0.1) is 13.8 Å². The fourth-order valence-electron chi connectivity index (χ4n) is 2.47. The highest BCUT2D eigenvalue weighted by molar-refractivity contribution is 7.99. The first-order valence-electron chi connectivity index (χ1n) is 8.59. The van der Waals surface area contributed by atoms with Crippen molar-refractivity contribution in [1.29, 1.82) is 0 Å². The van der Waals surface area contributed by atoms with Gasteiger partial charge in [-0.05, 0) is 57.2 Å². The first kappa shape index (κ1) is 19.1. The first-order chi connectivity index (χ1) is 12.7. The van der Waals surface area contributed by atoms with Crippen molar-refractivity contribution in [2.75, 3.05) is 11.1 Å². The summed E-state index contributed by atoms with van der Waals surface area (Å²) in [4.78, 5) is 12.5. The Hall–Kier alpha value is -2.68. The van der Waals surface area contributed by atoms with Gasteiger partial charge in [-0.1, -0.05) is 29.5 Å². The van der Waals surface area contributed by atoms with Crippen molar-refractivity contribution >= 4 is 23.5 Å². The molecular formula is C18H23N7OS. The van der Waals surface area contributed by atoms with Gasteiger partial charge in [-0.25, -0.2) is 9.36 Å². The second-order valence-electron chi connectivity index (χ2n) is 7.30. The summed E-state index contributed by atoms with van der Waals surface area (Å²) < 4.78 is 3.45. The van der Waals surface area contributed by atoms with E-state index in [-0.39, 0.29) is 17.2 Å². The van der Waals surface area contributed by atoms with E-state index in [1.165, 1.54) is 17.3 Å². The Bertz CT molecular complexity index is 938. The summed E-state index contributed by atoms with van der Waals surface area (Å²) in [6.07, 6.45) is 0. The van der Waals surface area contributed by atoms with Gasteiger partial charge >= 0.3 is 0 Å². The molecule has 0 spiro atoms. The van der Waals surface area contributed by atoms with Crippen molar-refractivity contribution in [2.45, 2.75) is 45.3 Å². The minimum absolute atomic E-state index is 0.142. The van der Waals surface area contributed by atoms with E-state index in [2.05, 4.69) is 25.9 Å². The molecule has 0 atom stereocenters. The van der Waals surface area contributed by atoms with Crippen LogP contribution in [0.25, 0.3) is 5.69 Å². The lowest BCUT2D eigenvalue weighted by molar-refractivity contribution is -0.113. The predicted molar refractivity (Wildman–Crippen MR) is 105 cm³/mol. The van der Waals surface area contributed by atoms with Crippen LogP contribution < -0.4 is 5.32 Å². The van der Waals surface area contributed by atoms with Gasteiger partial charge in [0, 0.05) is 6.07 Å². The van der Waals surface area contributed by atoms with E-state index >= 15 is 0 Å². The van der Waals surface area contributed by atoms with E-state index in [9.17, 15) is 4.79 Å². The molecule has 9 heteroatoms. The second-order valence-corrected chi connectivity index (χ2v) is 8.24. The monoisotopic (exact) mass is 385 g/mol. The molecule has 142 valence electrons. The van der Waals surface area contributed by atoms with Crippen LogP contribution in [0.3, 0.4) is 0 Å². The molecule has 0 radical (unpaired) electrons. The molecule has 0 unspecified atom stereocenters. The summed E-state index contributed by atoms with van der Waals surface area (Å²) >= 11 is 1.30. The van der Waals surface area contributed by atoms with Crippen LogP contribution in [0.5, 0.6) is 0 Å². The van der Waals surface area contributed by atoms with Gasteiger partial charge in [-0.15, -0.1) is 5.10 Å². The normalized spacial score (nSPS) is 11.6. The van der Waals surface area contributed by atoms with E-state index in [0.29, 0.717) is 11.0 Å². The summed E-state index contributed by atoms with van der Waals surface area (Å²) in [5.74, 6) is 0.697. The van der Waals surface area contributed by atoms with Crippen molar-refractivity contribution in [2.24, 2.45) is 0 Å². The van der Waals surface area contributed by atoms with E-state index < -0.39 is 0 Å². The summed E-state index contributed by atoms with van der Waals surface area (Å²) in [7, 11) is 0. The van der Waals surface area contributed by atoms with Crippen LogP contribution in [0.1, 0.15) is 32.0 Å². The zero-order valence-corrected chi connectivity index (χ0v) is 16.9. The minimum atomic E-state index is -0.247. The SMILES string of the molecule is Cc1ccc(-n2nc(C)cc2NC(=O)CSc2nnnn2C(C)(C)C)cc1. The van der Waals surface area contributed by atoms with E-state index in [4.69, 9.17) is 0 Å². The Labute approximate surface area is 162 Å². The summed E-state index contributed by atoms with van der Waals surface area (Å²) in [5, 5.41) is 19.7. The number of rotatable bonds is 5. The molecule has 2 aromatic heterocycles. The molecule has 8 nitrogen and oxygen atoms in total. The van der Waals surface area contributed by atoms with Crippen LogP contribution in [0.4, 0.5) is 5.82 Å². The van der Waals surface area contributed by atoms with Crippen molar-refractivity contribution in [1.82, 2.24) is 30.0 Å². The molecular weight excluding hydrogens is 362 g/mol. The lowest BCUT2D eigenvalue weighted by Crippen LogP contribution is -2.25. The molecule has 0 saturated heterocycles. The number of thioether (sulfide) groups is 1. The zero-order valence-electron chi connectivity index (χ0n) is 16.1. The number of nitrogens with zero attached hydrogens (tertiary/aromatic N) is 6. The van der Waals surface area contributed by atoms with E-state index in [1.807, 2.05) is 65.0 Å². The number of aromatic nitrogens is 6. The Morgan fingerprint density at radius 1 is 1.19 bits per heavy atom. The molecule has 0 aliphatic heterocycles. The third kappa shape index (κ3) is 4.54. The Morgan fingerprint density at radius 2 is 1.89 bits per heavy atom. The van der Waals surface area contributed by atoms with Gasteiger partial charge in [-0.3, -0.25) is 4.79 Å². The summed E-state index contributed by atoms with van der Waals surface area (Å²) in [6.45, 7) is 9.96. The maximum absolute atomic E-state index is 12.5. The largest absolute Gasteiger partial charge is 0.310 e. The molecule has 0 aliphatic rings. The summed E-state index contributed by atoms with van der Waals surface area (Å²) in [5.41, 5.74) is 2.65. The Balaban J connectivity index is 1.70. The number of hydrogen-bond donors (Lipinski definition) is 1. The molecule has 0 fully saturated rings. The van der Waals surface area contributed by atoms with Crippen LogP contribution in [-0.2, 0) is 10.3 Å². The highest BCUT2D eigenvalue weighted by atomic mass is 32.2. The van der Waals surface area contributed by atoms with Gasteiger partial charge in [0.2, 0.25) is 11.1 Å². The van der Waals surface area contributed by atoms with Gasteiger partial charge < -0.3 is 5.32 Å². The molecule has 3 rings (SSSR count). The standard InChI is InChI=1S/C18H23N7OS/c1-12-6-8-14(9-7-12)24-15(10-13(2)21-24)19-16(26)11-27-17-20-22-23-25(17)18(3,4)5/h6-10H,11H2,1-5H3,(H,19,26). The number of hydrogen-bond acceptors (Lipinski definition) is 6. The van der Waals surface area contributed by atoms with Gasteiger partial charge in [-0.2, -0.15) is 5.10 Å². The molecule has 0 bridgehead atoms. The quantitative estimate of drug-likeness (QED) is 0.679. The van der Waals surface area contributed by atoms with Crippen molar-refractivity contribution < 1.29 is 4.79 Å². The average molecular weight is 385 g/mol. The van der Waals surface area contributed by atoms with Crippen LogP contribution in [0.2, 0.25) is 0 Å². The van der Waals surface area contributed by atoms with Crippen LogP contribution >= 0.6 is 11.8 Å². The predicted octanol–water partition coefficient (Wildman–Crippen LogP) is 2.96. The number of benzene rings is 1. The third-order valence-electron chi connectivity index (χ3n) is 3.79. The highest BCUT2D eigenvalue weighted by Gasteiger charge is 2.21. The maximum atomic E-state index is 12.5. The maximum Gasteiger partial charge on any atom is 0.236 e. The van der Waals surface area contributed by atoms with Crippen molar-refractivity contribution in [3.63, 3.8) is 0 Å². The Morgan fingerprint density at radius 3 is 2.56 bits per heavy atom. The molecule has 3 aromatic rings. The fourth-order valence-corrected chi connectivity index (χ4v) is 3.33. The number of tetrazole rings is 1. The number of carbonyl (C=O) groups is 1. The van der Waals surface area contributed by atoms with Crippen molar-refractivity contribution in [3.8, 4) is 5.69 Å². The van der Waals surface area contributed by atoms with E-state index in [1.54, 1.807) is 9.36 Å². The zero-order chi connectivity index (χ0) is 19.6.